The van der Waals surface area contributed by atoms with Crippen LogP contribution >= 0.6 is 38.9 Å². The van der Waals surface area contributed by atoms with E-state index in [9.17, 15) is 0 Å². The molecule has 0 saturated heterocycles. The van der Waals surface area contributed by atoms with Gasteiger partial charge in [-0.15, -0.1) is 11.3 Å². The topological polar surface area (TPSA) is 0 Å². The van der Waals surface area contributed by atoms with Gasteiger partial charge in [0, 0.05) is 9.17 Å². The number of aryl methyl sites for hydroxylation is 1. The fourth-order valence-corrected chi connectivity index (χ4v) is 2.89. The van der Waals surface area contributed by atoms with E-state index < -0.39 is 0 Å². The number of thiophene rings is 1. The number of halogens is 2. The Morgan fingerprint density at radius 2 is 2.17 bits per heavy atom. The third-order valence-electron chi connectivity index (χ3n) is 1.84. The van der Waals surface area contributed by atoms with Gasteiger partial charge in [0.2, 0.25) is 0 Å². The first-order chi connectivity index (χ1) is 5.68. The predicted molar refractivity (Wildman–Crippen MR) is 59.3 cm³/mol. The first-order valence-electron chi connectivity index (χ1n) is 3.52. The van der Waals surface area contributed by atoms with E-state index in [2.05, 4.69) is 35.0 Å². The first-order valence-corrected chi connectivity index (χ1v) is 5.51. The van der Waals surface area contributed by atoms with E-state index in [0.29, 0.717) is 0 Å². The number of fused-ring (bicyclic) bond motifs is 1. The van der Waals surface area contributed by atoms with Gasteiger partial charge in [0.15, 0.2) is 0 Å². The molecule has 0 radical (unpaired) electrons. The average molecular weight is 262 g/mol. The highest BCUT2D eigenvalue weighted by Gasteiger charge is 2.04. The molecule has 0 saturated carbocycles. The molecule has 2 aromatic rings. The molecule has 1 aromatic carbocycles. The van der Waals surface area contributed by atoms with Crippen LogP contribution in [0.15, 0.2) is 22.7 Å². The van der Waals surface area contributed by atoms with Gasteiger partial charge in [0.1, 0.15) is 0 Å². The molecule has 0 aliphatic heterocycles. The molecule has 12 heavy (non-hydrogen) atoms. The Balaban J connectivity index is 2.89. The fourth-order valence-electron chi connectivity index (χ4n) is 1.19. The van der Waals surface area contributed by atoms with Crippen LogP contribution in [0.1, 0.15) is 5.56 Å². The standard InChI is InChI=1S/C9H6BrClS/c1-5-7(10)3-2-6-4-8(11)12-9(5)6/h2-4H,1H3. The van der Waals surface area contributed by atoms with Crippen LogP contribution in [0.25, 0.3) is 10.1 Å². The minimum absolute atomic E-state index is 0.853. The van der Waals surface area contributed by atoms with Crippen LogP contribution in [0, 0.1) is 6.92 Å². The Kier molecular flexibility index (Phi) is 2.15. The second kappa shape index (κ2) is 3.02. The van der Waals surface area contributed by atoms with Crippen molar-refractivity contribution in [2.24, 2.45) is 0 Å². The summed E-state index contributed by atoms with van der Waals surface area (Å²) in [5.41, 5.74) is 1.27. The van der Waals surface area contributed by atoms with Crippen LogP contribution in [0.5, 0.6) is 0 Å². The maximum atomic E-state index is 5.91. The molecule has 0 bridgehead atoms. The highest BCUT2D eigenvalue weighted by molar-refractivity contribution is 9.10. The van der Waals surface area contributed by atoms with Gasteiger partial charge in [-0.2, -0.15) is 0 Å². The van der Waals surface area contributed by atoms with Crippen LogP contribution < -0.4 is 0 Å². The summed E-state index contributed by atoms with van der Waals surface area (Å²) in [5, 5.41) is 1.23. The number of hydrogen-bond donors (Lipinski definition) is 0. The second-order valence-corrected chi connectivity index (χ2v) is 5.18. The number of hydrogen-bond acceptors (Lipinski definition) is 1. The van der Waals surface area contributed by atoms with Gasteiger partial charge in [0.25, 0.3) is 0 Å². The summed E-state index contributed by atoms with van der Waals surface area (Å²) in [7, 11) is 0. The van der Waals surface area contributed by atoms with Crippen molar-refractivity contribution in [1.29, 1.82) is 0 Å². The van der Waals surface area contributed by atoms with Crippen LogP contribution in [-0.4, -0.2) is 0 Å². The Hall–Kier alpha value is -0.0500. The van der Waals surface area contributed by atoms with Gasteiger partial charge in [-0.1, -0.05) is 33.6 Å². The lowest BCUT2D eigenvalue weighted by atomic mass is 10.2. The molecule has 0 nitrogen and oxygen atoms in total. The molecule has 0 aliphatic carbocycles. The number of rotatable bonds is 0. The molecule has 2 rings (SSSR count). The molecule has 0 aliphatic rings. The van der Waals surface area contributed by atoms with E-state index >= 15 is 0 Å². The molecular weight excluding hydrogens is 256 g/mol. The van der Waals surface area contributed by atoms with Crippen molar-refractivity contribution in [3.8, 4) is 0 Å². The zero-order valence-corrected chi connectivity index (χ0v) is 9.55. The first kappa shape index (κ1) is 8.54. The molecule has 62 valence electrons. The minimum atomic E-state index is 0.853. The molecule has 0 N–H and O–H groups in total. The van der Waals surface area contributed by atoms with Crippen molar-refractivity contribution in [3.63, 3.8) is 0 Å². The SMILES string of the molecule is Cc1c(Br)ccc2cc(Cl)sc12. The van der Waals surface area contributed by atoms with Crippen LogP contribution in [0.4, 0.5) is 0 Å². The largest absolute Gasteiger partial charge is 0.123 e. The third-order valence-corrected chi connectivity index (χ3v) is 4.10. The van der Waals surface area contributed by atoms with Crippen molar-refractivity contribution in [2.45, 2.75) is 6.92 Å². The molecule has 0 spiro atoms. The highest BCUT2D eigenvalue weighted by Crippen LogP contribution is 2.34. The predicted octanol–water partition coefficient (Wildman–Crippen LogP) is 4.63. The lowest BCUT2D eigenvalue weighted by Gasteiger charge is -1.97. The normalized spacial score (nSPS) is 10.9. The van der Waals surface area contributed by atoms with E-state index in [-0.39, 0.29) is 0 Å². The summed E-state index contributed by atoms with van der Waals surface area (Å²) < 4.78 is 3.27. The summed E-state index contributed by atoms with van der Waals surface area (Å²) >= 11 is 11.0. The fraction of sp³-hybridized carbons (Fsp3) is 0.111. The van der Waals surface area contributed by atoms with Gasteiger partial charge in [0.05, 0.1) is 4.34 Å². The lowest BCUT2D eigenvalue weighted by Crippen LogP contribution is -1.73. The monoisotopic (exact) mass is 260 g/mol. The van der Waals surface area contributed by atoms with Gasteiger partial charge < -0.3 is 0 Å². The molecule has 0 unspecified atom stereocenters. The van der Waals surface area contributed by atoms with Crippen molar-refractivity contribution in [3.05, 3.63) is 32.6 Å². The van der Waals surface area contributed by atoms with Gasteiger partial charge in [-0.25, -0.2) is 0 Å². The summed E-state index contributed by atoms with van der Waals surface area (Å²) in [6.07, 6.45) is 0. The number of benzene rings is 1. The minimum Gasteiger partial charge on any atom is -0.123 e. The van der Waals surface area contributed by atoms with Crippen LogP contribution in [0.3, 0.4) is 0 Å². The molecule has 1 heterocycles. The summed E-state index contributed by atoms with van der Waals surface area (Å²) in [6.45, 7) is 2.10. The third kappa shape index (κ3) is 1.28. The highest BCUT2D eigenvalue weighted by atomic mass is 79.9. The lowest BCUT2D eigenvalue weighted by molar-refractivity contribution is 1.51. The summed E-state index contributed by atoms with van der Waals surface area (Å²) in [5.74, 6) is 0. The molecule has 0 fully saturated rings. The zero-order chi connectivity index (χ0) is 8.72. The Bertz CT molecular complexity index is 433. The quantitative estimate of drug-likeness (QED) is 0.649. The van der Waals surface area contributed by atoms with Gasteiger partial charge >= 0.3 is 0 Å². The van der Waals surface area contributed by atoms with Crippen LogP contribution in [-0.2, 0) is 0 Å². The maximum absolute atomic E-state index is 5.91. The summed E-state index contributed by atoms with van der Waals surface area (Å²) in [6, 6.07) is 6.14. The smallest absolute Gasteiger partial charge is 0.0940 e. The van der Waals surface area contributed by atoms with Crippen molar-refractivity contribution < 1.29 is 0 Å². The Labute approximate surface area is 88.3 Å². The van der Waals surface area contributed by atoms with Crippen molar-refractivity contribution in [1.82, 2.24) is 0 Å². The van der Waals surface area contributed by atoms with E-state index in [1.54, 1.807) is 11.3 Å². The van der Waals surface area contributed by atoms with Crippen LogP contribution in [0.2, 0.25) is 4.34 Å². The van der Waals surface area contributed by atoms with E-state index in [1.165, 1.54) is 15.6 Å². The Morgan fingerprint density at radius 3 is 2.92 bits per heavy atom. The van der Waals surface area contributed by atoms with Crippen molar-refractivity contribution >= 4 is 49.0 Å². The average Bonchev–Trinajstić information content (AvgIpc) is 2.39. The van der Waals surface area contributed by atoms with Gasteiger partial charge in [-0.05, 0) is 30.0 Å². The summed E-state index contributed by atoms with van der Waals surface area (Å²) in [4.78, 5) is 0. The van der Waals surface area contributed by atoms with E-state index in [0.717, 1.165) is 8.81 Å². The Morgan fingerprint density at radius 1 is 1.42 bits per heavy atom. The van der Waals surface area contributed by atoms with E-state index in [4.69, 9.17) is 11.6 Å². The molecule has 3 heteroatoms. The second-order valence-electron chi connectivity index (χ2n) is 2.64. The zero-order valence-electron chi connectivity index (χ0n) is 6.40. The van der Waals surface area contributed by atoms with E-state index in [1.807, 2.05) is 6.07 Å². The molecular formula is C9H6BrClS. The molecule has 0 amide bonds. The van der Waals surface area contributed by atoms with Crippen molar-refractivity contribution in [2.75, 3.05) is 0 Å². The molecule has 0 atom stereocenters. The molecule has 1 aromatic heterocycles. The maximum Gasteiger partial charge on any atom is 0.0940 e. The van der Waals surface area contributed by atoms with Gasteiger partial charge in [-0.3, -0.25) is 0 Å².